The third-order valence-electron chi connectivity index (χ3n) is 7.45. The van der Waals surface area contributed by atoms with Gasteiger partial charge in [-0.15, -0.1) is 0 Å². The maximum Gasteiger partial charge on any atom is 0.137 e. The number of aliphatic hydroxyl groups excluding tert-OH is 1. The Hall–Kier alpha value is -0.630. The zero-order valence-electron chi connectivity index (χ0n) is 15.2. The van der Waals surface area contributed by atoms with Gasteiger partial charge in [-0.25, -0.2) is 0 Å². The van der Waals surface area contributed by atoms with Gasteiger partial charge in [-0.3, -0.25) is 4.79 Å². The molecule has 0 spiro atoms. The first-order chi connectivity index (χ1) is 11.0. The van der Waals surface area contributed by atoms with Crippen molar-refractivity contribution in [3.8, 4) is 0 Å². The van der Waals surface area contributed by atoms with Gasteiger partial charge in [0.1, 0.15) is 5.78 Å². The summed E-state index contributed by atoms with van der Waals surface area (Å²) in [6.07, 6.45) is 10.7. The fourth-order valence-corrected chi connectivity index (χ4v) is 6.51. The fraction of sp³-hybridized carbons (Fsp3) is 0.857. The maximum absolute atomic E-state index is 11.8. The van der Waals surface area contributed by atoms with E-state index in [2.05, 4.69) is 13.8 Å². The molecule has 3 aliphatic rings. The molecule has 0 saturated heterocycles. The lowest BCUT2D eigenvalue weighted by Crippen LogP contribution is -2.50. The van der Waals surface area contributed by atoms with E-state index in [0.717, 1.165) is 38.0 Å². The van der Waals surface area contributed by atoms with Gasteiger partial charge in [0.25, 0.3) is 0 Å². The molecule has 0 aromatic heterocycles. The van der Waals surface area contributed by atoms with E-state index in [1.54, 1.807) is 5.57 Å². The number of ketones is 1. The van der Waals surface area contributed by atoms with E-state index in [1.165, 1.54) is 37.7 Å². The quantitative estimate of drug-likeness (QED) is 0.736. The summed E-state index contributed by atoms with van der Waals surface area (Å²) in [6, 6.07) is 0. The third-order valence-corrected chi connectivity index (χ3v) is 7.45. The van der Waals surface area contributed by atoms with Crippen LogP contribution in [0.4, 0.5) is 0 Å². The second-order valence-electron chi connectivity index (χ2n) is 8.37. The van der Waals surface area contributed by atoms with E-state index in [9.17, 15) is 9.90 Å². The molecule has 0 aliphatic heterocycles. The van der Waals surface area contributed by atoms with Crippen LogP contribution in [0.2, 0.25) is 0 Å². The highest BCUT2D eigenvalue weighted by Gasteiger charge is 2.52. The van der Waals surface area contributed by atoms with Crippen LogP contribution in [0.5, 0.6) is 0 Å². The minimum Gasteiger partial charge on any atom is -0.393 e. The standard InChI is InChI=1S/C21H34O2/c1-4-11-21(14(3)22)12-10-18-17-9-7-16(23)13-15(17)6-8-19(18)20(21)5-2/h14,18-20,22H,4-13H2,1-3H3/t14?,18-,19-,20?,21?/m1/s1. The number of Topliss-reactive ketones (excluding diaryl/α,β-unsaturated/α-hetero) is 1. The molecule has 0 radical (unpaired) electrons. The van der Waals surface area contributed by atoms with Crippen LogP contribution < -0.4 is 0 Å². The molecule has 23 heavy (non-hydrogen) atoms. The van der Waals surface area contributed by atoms with Crippen LogP contribution in [0.3, 0.4) is 0 Å². The van der Waals surface area contributed by atoms with Crippen LogP contribution in [0, 0.1) is 23.2 Å². The SMILES string of the molecule is CCCC1(C(C)O)CC[C@@H]2C3=C(CC[C@H]2C1CC)CC(=O)CC3. The predicted octanol–water partition coefficient (Wildman–Crippen LogP) is 5.05. The second-order valence-corrected chi connectivity index (χ2v) is 8.37. The van der Waals surface area contributed by atoms with Crippen LogP contribution in [-0.2, 0) is 4.79 Å². The average Bonchev–Trinajstić information content (AvgIpc) is 2.53. The van der Waals surface area contributed by atoms with Crippen molar-refractivity contribution in [1.29, 1.82) is 0 Å². The highest BCUT2D eigenvalue weighted by molar-refractivity contribution is 5.82. The smallest absolute Gasteiger partial charge is 0.137 e. The van der Waals surface area contributed by atoms with Gasteiger partial charge in [-0.05, 0) is 68.6 Å². The van der Waals surface area contributed by atoms with Gasteiger partial charge in [-0.1, -0.05) is 37.8 Å². The minimum absolute atomic E-state index is 0.132. The summed E-state index contributed by atoms with van der Waals surface area (Å²) >= 11 is 0. The molecule has 0 amide bonds. The van der Waals surface area contributed by atoms with Crippen LogP contribution in [-0.4, -0.2) is 17.0 Å². The number of carbonyl (C=O) groups is 1. The molecule has 3 aliphatic carbocycles. The second kappa shape index (κ2) is 6.70. The summed E-state index contributed by atoms with van der Waals surface area (Å²) in [5.74, 6) is 2.55. The van der Waals surface area contributed by atoms with Crippen LogP contribution >= 0.6 is 0 Å². The Bertz CT molecular complexity index is 490. The number of allylic oxidation sites excluding steroid dienone is 2. The summed E-state index contributed by atoms with van der Waals surface area (Å²) < 4.78 is 0. The summed E-state index contributed by atoms with van der Waals surface area (Å²) in [7, 11) is 0. The number of hydrogen-bond donors (Lipinski definition) is 1. The van der Waals surface area contributed by atoms with E-state index in [4.69, 9.17) is 0 Å². The monoisotopic (exact) mass is 318 g/mol. The Labute approximate surface area is 141 Å². The summed E-state index contributed by atoms with van der Waals surface area (Å²) in [5.41, 5.74) is 3.29. The molecule has 2 nitrogen and oxygen atoms in total. The Kier molecular flexibility index (Phi) is 5.01. The largest absolute Gasteiger partial charge is 0.393 e. The van der Waals surface area contributed by atoms with Gasteiger partial charge in [-0.2, -0.15) is 0 Å². The van der Waals surface area contributed by atoms with Crippen molar-refractivity contribution in [2.24, 2.45) is 23.2 Å². The molecular formula is C21H34O2. The van der Waals surface area contributed by atoms with Crippen LogP contribution in [0.15, 0.2) is 11.1 Å². The molecule has 1 saturated carbocycles. The van der Waals surface area contributed by atoms with Gasteiger partial charge < -0.3 is 5.11 Å². The molecule has 2 heteroatoms. The van der Waals surface area contributed by atoms with E-state index >= 15 is 0 Å². The van der Waals surface area contributed by atoms with Gasteiger partial charge in [0.2, 0.25) is 0 Å². The van der Waals surface area contributed by atoms with E-state index in [1.807, 2.05) is 6.92 Å². The van der Waals surface area contributed by atoms with Crippen molar-refractivity contribution in [3.63, 3.8) is 0 Å². The van der Waals surface area contributed by atoms with Gasteiger partial charge in [0.15, 0.2) is 0 Å². The molecule has 0 bridgehead atoms. The van der Waals surface area contributed by atoms with Crippen LogP contribution in [0.1, 0.15) is 85.0 Å². The third kappa shape index (κ3) is 2.81. The Morgan fingerprint density at radius 1 is 1.22 bits per heavy atom. The van der Waals surface area contributed by atoms with Crippen molar-refractivity contribution in [2.75, 3.05) is 0 Å². The lowest BCUT2D eigenvalue weighted by Gasteiger charge is -2.55. The average molecular weight is 319 g/mol. The highest BCUT2D eigenvalue weighted by Crippen LogP contribution is 2.59. The number of fused-ring (bicyclic) bond motifs is 2. The number of hydrogen-bond acceptors (Lipinski definition) is 2. The van der Waals surface area contributed by atoms with Gasteiger partial charge in [0, 0.05) is 12.8 Å². The maximum atomic E-state index is 11.8. The molecule has 3 rings (SSSR count). The minimum atomic E-state index is -0.198. The molecule has 0 heterocycles. The van der Waals surface area contributed by atoms with Crippen molar-refractivity contribution < 1.29 is 9.90 Å². The highest BCUT2D eigenvalue weighted by atomic mass is 16.3. The predicted molar refractivity (Wildman–Crippen MR) is 94.1 cm³/mol. The summed E-state index contributed by atoms with van der Waals surface area (Å²) in [4.78, 5) is 11.8. The zero-order chi connectivity index (χ0) is 16.6. The molecule has 0 aromatic rings. The van der Waals surface area contributed by atoms with Crippen LogP contribution in [0.25, 0.3) is 0 Å². The van der Waals surface area contributed by atoms with Gasteiger partial charge in [0.05, 0.1) is 6.10 Å². The zero-order valence-corrected chi connectivity index (χ0v) is 15.2. The fourth-order valence-electron chi connectivity index (χ4n) is 6.51. The Balaban J connectivity index is 1.91. The van der Waals surface area contributed by atoms with E-state index in [0.29, 0.717) is 17.6 Å². The topological polar surface area (TPSA) is 37.3 Å². The normalized spacial score (nSPS) is 39.0. The molecular weight excluding hydrogens is 284 g/mol. The first-order valence-corrected chi connectivity index (χ1v) is 9.94. The molecule has 130 valence electrons. The number of aliphatic hydroxyl groups is 1. The molecule has 3 unspecified atom stereocenters. The molecule has 0 aromatic carbocycles. The van der Waals surface area contributed by atoms with Crippen molar-refractivity contribution >= 4 is 5.78 Å². The van der Waals surface area contributed by atoms with Crippen molar-refractivity contribution in [1.82, 2.24) is 0 Å². The Morgan fingerprint density at radius 3 is 2.65 bits per heavy atom. The number of rotatable bonds is 4. The molecule has 1 N–H and O–H groups in total. The van der Waals surface area contributed by atoms with Gasteiger partial charge >= 0.3 is 0 Å². The molecule has 1 fully saturated rings. The van der Waals surface area contributed by atoms with Crippen molar-refractivity contribution in [2.45, 2.75) is 91.1 Å². The molecule has 5 atom stereocenters. The van der Waals surface area contributed by atoms with Crippen molar-refractivity contribution in [3.05, 3.63) is 11.1 Å². The summed E-state index contributed by atoms with van der Waals surface area (Å²) in [6.45, 7) is 6.62. The summed E-state index contributed by atoms with van der Waals surface area (Å²) in [5, 5.41) is 10.7. The lowest BCUT2D eigenvalue weighted by atomic mass is 9.50. The van der Waals surface area contributed by atoms with E-state index < -0.39 is 0 Å². The number of carbonyl (C=O) groups excluding carboxylic acids is 1. The lowest BCUT2D eigenvalue weighted by molar-refractivity contribution is -0.119. The van der Waals surface area contributed by atoms with E-state index in [-0.39, 0.29) is 11.5 Å². The first kappa shape index (κ1) is 17.2. The Morgan fingerprint density at radius 2 is 2.00 bits per heavy atom. The first-order valence-electron chi connectivity index (χ1n) is 9.94.